The maximum absolute atomic E-state index is 14.4. The highest BCUT2D eigenvalue weighted by Gasteiger charge is 2.31. The van der Waals surface area contributed by atoms with Crippen LogP contribution in [0.25, 0.3) is 33.3 Å². The fourth-order valence-electron chi connectivity index (χ4n) is 5.36. The summed E-state index contributed by atoms with van der Waals surface area (Å²) >= 11 is 0. The van der Waals surface area contributed by atoms with Crippen LogP contribution in [0.3, 0.4) is 0 Å². The number of fused-ring (bicyclic) bond motifs is 1. The lowest BCUT2D eigenvalue weighted by Crippen LogP contribution is -2.27. The molecule has 0 radical (unpaired) electrons. The van der Waals surface area contributed by atoms with E-state index >= 15 is 0 Å². The molecular formula is C29H34FN5O2. The molecule has 8 heteroatoms. The number of carbonyl (C=O) groups is 1. The summed E-state index contributed by atoms with van der Waals surface area (Å²) in [4.78, 5) is 21.3. The van der Waals surface area contributed by atoms with Crippen LogP contribution in [0.2, 0.25) is 0 Å². The molecule has 1 amide bonds. The second-order valence-electron chi connectivity index (χ2n) is 10.6. The SMILES string of the molecule is CCCC(=O)Nc1ccc(-c2cn(CC3CCC(C)(F)CC3)c3cc(-c4c(C)noc4C)cnc23)cn1. The highest BCUT2D eigenvalue weighted by molar-refractivity contribution is 5.95. The molecule has 1 aliphatic rings. The van der Waals surface area contributed by atoms with Crippen molar-refractivity contribution in [3.8, 4) is 22.3 Å². The van der Waals surface area contributed by atoms with E-state index in [1.807, 2.05) is 39.1 Å². The number of aryl methyl sites for hydroxylation is 2. The number of carbonyl (C=O) groups excluding carboxylic acids is 1. The molecule has 7 nitrogen and oxygen atoms in total. The average molecular weight is 504 g/mol. The second kappa shape index (κ2) is 10.1. The summed E-state index contributed by atoms with van der Waals surface area (Å²) in [6.45, 7) is 8.33. The average Bonchev–Trinajstić information content (AvgIpc) is 3.39. The lowest BCUT2D eigenvalue weighted by molar-refractivity contribution is -0.116. The van der Waals surface area contributed by atoms with Gasteiger partial charge in [-0.25, -0.2) is 9.37 Å². The van der Waals surface area contributed by atoms with Crippen molar-refractivity contribution in [2.75, 3.05) is 5.32 Å². The van der Waals surface area contributed by atoms with Crippen LogP contribution in [0.1, 0.15) is 63.8 Å². The van der Waals surface area contributed by atoms with E-state index in [9.17, 15) is 9.18 Å². The van der Waals surface area contributed by atoms with Crippen LogP contribution in [-0.4, -0.2) is 31.3 Å². The van der Waals surface area contributed by atoms with E-state index < -0.39 is 5.67 Å². The maximum Gasteiger partial charge on any atom is 0.225 e. The highest BCUT2D eigenvalue weighted by atomic mass is 19.1. The van der Waals surface area contributed by atoms with Gasteiger partial charge in [0, 0.05) is 53.8 Å². The van der Waals surface area contributed by atoms with Crippen molar-refractivity contribution >= 4 is 22.8 Å². The molecule has 4 aromatic rings. The molecule has 4 heterocycles. The van der Waals surface area contributed by atoms with Crippen LogP contribution in [-0.2, 0) is 11.3 Å². The van der Waals surface area contributed by atoms with Gasteiger partial charge in [-0.15, -0.1) is 0 Å². The Kier molecular flexibility index (Phi) is 6.84. The molecule has 4 aromatic heterocycles. The normalized spacial score (nSPS) is 19.9. The van der Waals surface area contributed by atoms with Crippen molar-refractivity contribution in [3.05, 3.63) is 48.2 Å². The number of anilines is 1. The Hall–Kier alpha value is -3.55. The van der Waals surface area contributed by atoms with Crippen LogP contribution in [0.4, 0.5) is 10.2 Å². The van der Waals surface area contributed by atoms with Gasteiger partial charge in [-0.1, -0.05) is 12.1 Å². The Labute approximate surface area is 216 Å². The van der Waals surface area contributed by atoms with E-state index in [1.54, 1.807) is 13.1 Å². The molecule has 1 fully saturated rings. The zero-order valence-corrected chi connectivity index (χ0v) is 22.0. The summed E-state index contributed by atoms with van der Waals surface area (Å²) in [6.07, 6.45) is 9.96. The quantitative estimate of drug-likeness (QED) is 0.293. The minimum absolute atomic E-state index is 0.0373. The number of rotatable bonds is 7. The monoisotopic (exact) mass is 503 g/mol. The van der Waals surface area contributed by atoms with E-state index in [2.05, 4.69) is 32.3 Å². The predicted octanol–water partition coefficient (Wildman–Crippen LogP) is 7.03. The van der Waals surface area contributed by atoms with E-state index in [1.165, 1.54) is 0 Å². The zero-order chi connectivity index (χ0) is 26.2. The van der Waals surface area contributed by atoms with E-state index in [0.717, 1.165) is 70.5 Å². The Morgan fingerprint density at radius 1 is 1.19 bits per heavy atom. The number of alkyl halides is 1. The molecule has 1 saturated carbocycles. The van der Waals surface area contributed by atoms with Gasteiger partial charge in [-0.05, 0) is 77.0 Å². The first-order valence-electron chi connectivity index (χ1n) is 13.1. The summed E-state index contributed by atoms with van der Waals surface area (Å²) in [5.74, 6) is 1.67. The molecule has 0 aromatic carbocycles. The largest absolute Gasteiger partial charge is 0.361 e. The van der Waals surface area contributed by atoms with Crippen LogP contribution in [0, 0.1) is 19.8 Å². The van der Waals surface area contributed by atoms with Crippen molar-refractivity contribution < 1.29 is 13.7 Å². The molecule has 0 bridgehead atoms. The predicted molar refractivity (Wildman–Crippen MR) is 143 cm³/mol. The minimum Gasteiger partial charge on any atom is -0.361 e. The Bertz CT molecular complexity index is 1390. The van der Waals surface area contributed by atoms with Gasteiger partial charge in [-0.3, -0.25) is 9.78 Å². The molecule has 0 unspecified atom stereocenters. The Morgan fingerprint density at radius 2 is 1.95 bits per heavy atom. The molecule has 0 saturated heterocycles. The maximum atomic E-state index is 14.4. The van der Waals surface area contributed by atoms with E-state index in [0.29, 0.717) is 31.0 Å². The van der Waals surface area contributed by atoms with Gasteiger partial charge in [0.2, 0.25) is 5.91 Å². The smallest absolute Gasteiger partial charge is 0.225 e. The molecule has 1 N–H and O–H groups in total. The Morgan fingerprint density at radius 3 is 2.59 bits per heavy atom. The van der Waals surface area contributed by atoms with Crippen molar-refractivity contribution in [1.29, 1.82) is 0 Å². The van der Waals surface area contributed by atoms with Gasteiger partial charge in [0.15, 0.2) is 0 Å². The fraction of sp³-hybridized carbons (Fsp3) is 0.448. The zero-order valence-electron chi connectivity index (χ0n) is 22.0. The van der Waals surface area contributed by atoms with Crippen molar-refractivity contribution in [1.82, 2.24) is 19.7 Å². The van der Waals surface area contributed by atoms with Crippen LogP contribution in [0.5, 0.6) is 0 Å². The molecular weight excluding hydrogens is 469 g/mol. The van der Waals surface area contributed by atoms with E-state index in [-0.39, 0.29) is 5.91 Å². The van der Waals surface area contributed by atoms with Crippen molar-refractivity contribution in [2.45, 2.75) is 78.4 Å². The third-order valence-corrected chi connectivity index (χ3v) is 7.46. The molecule has 37 heavy (non-hydrogen) atoms. The van der Waals surface area contributed by atoms with Gasteiger partial charge in [0.25, 0.3) is 0 Å². The number of nitrogens with zero attached hydrogens (tertiary/aromatic N) is 4. The number of pyridine rings is 2. The first kappa shape index (κ1) is 25.1. The third kappa shape index (κ3) is 5.29. The first-order chi connectivity index (χ1) is 17.7. The number of hydrogen-bond acceptors (Lipinski definition) is 5. The number of hydrogen-bond donors (Lipinski definition) is 1. The van der Waals surface area contributed by atoms with Crippen LogP contribution < -0.4 is 5.32 Å². The third-order valence-electron chi connectivity index (χ3n) is 7.46. The Balaban J connectivity index is 1.52. The van der Waals surface area contributed by atoms with Crippen LogP contribution >= 0.6 is 0 Å². The molecule has 0 spiro atoms. The standard InChI is InChI=1S/C29H34FN5O2/c1-5-6-26(36)33-25-8-7-21(14-31-25)23-17-35(16-20-9-11-29(4,30)12-10-20)24-13-22(15-32-28(23)24)27-18(2)34-37-19(27)3/h7-8,13-15,17,20H,5-6,9-12,16H2,1-4H3,(H,31,33,36). The molecule has 5 rings (SSSR count). The number of aromatic nitrogens is 4. The number of halogens is 1. The minimum atomic E-state index is -1.06. The summed E-state index contributed by atoms with van der Waals surface area (Å²) < 4.78 is 22.1. The summed E-state index contributed by atoms with van der Waals surface area (Å²) in [5, 5.41) is 6.95. The highest BCUT2D eigenvalue weighted by Crippen LogP contribution is 2.38. The molecule has 1 aliphatic carbocycles. The second-order valence-corrected chi connectivity index (χ2v) is 10.6. The summed E-state index contributed by atoms with van der Waals surface area (Å²) in [7, 11) is 0. The van der Waals surface area contributed by atoms with Gasteiger partial charge in [0.1, 0.15) is 17.2 Å². The van der Waals surface area contributed by atoms with Crippen molar-refractivity contribution in [2.24, 2.45) is 5.92 Å². The van der Waals surface area contributed by atoms with Crippen LogP contribution in [0.15, 0.2) is 41.3 Å². The number of nitrogens with one attached hydrogen (secondary N) is 1. The van der Waals surface area contributed by atoms with Crippen molar-refractivity contribution in [3.63, 3.8) is 0 Å². The van der Waals surface area contributed by atoms with E-state index in [4.69, 9.17) is 9.51 Å². The summed E-state index contributed by atoms with van der Waals surface area (Å²) in [5.41, 5.74) is 5.49. The van der Waals surface area contributed by atoms with Gasteiger partial charge in [-0.2, -0.15) is 0 Å². The van der Waals surface area contributed by atoms with Gasteiger partial charge in [0.05, 0.1) is 16.7 Å². The van der Waals surface area contributed by atoms with Gasteiger partial charge >= 0.3 is 0 Å². The molecule has 194 valence electrons. The topological polar surface area (TPSA) is 85.8 Å². The fourth-order valence-corrected chi connectivity index (χ4v) is 5.36. The first-order valence-corrected chi connectivity index (χ1v) is 13.1. The summed E-state index contributed by atoms with van der Waals surface area (Å²) in [6, 6.07) is 5.94. The molecule has 0 atom stereocenters. The lowest BCUT2D eigenvalue weighted by atomic mass is 9.81. The van der Waals surface area contributed by atoms with Gasteiger partial charge < -0.3 is 14.4 Å². The number of amides is 1. The lowest BCUT2D eigenvalue weighted by Gasteiger charge is -2.31. The molecule has 0 aliphatic heterocycles.